The zero-order valence-electron chi connectivity index (χ0n) is 7.56. The van der Waals surface area contributed by atoms with Crippen LogP contribution in [-0.2, 0) is 6.42 Å². The fourth-order valence-electron chi connectivity index (χ4n) is 1.22. The zero-order valence-corrected chi connectivity index (χ0v) is 12.3. The highest BCUT2D eigenvalue weighted by Gasteiger charge is 2.06. The molecule has 1 aromatic carbocycles. The van der Waals surface area contributed by atoms with E-state index < -0.39 is 0 Å². The van der Waals surface area contributed by atoms with Crippen LogP contribution in [0, 0.1) is 0 Å². The van der Waals surface area contributed by atoms with Gasteiger partial charge in [-0.2, -0.15) is 0 Å². The van der Waals surface area contributed by atoms with Crippen molar-refractivity contribution in [2.75, 3.05) is 6.61 Å². The Morgan fingerprint density at radius 3 is 2.07 bits per heavy atom. The van der Waals surface area contributed by atoms with Gasteiger partial charge in [-0.05, 0) is 37.0 Å². The van der Waals surface area contributed by atoms with E-state index in [2.05, 4.69) is 47.8 Å². The summed E-state index contributed by atoms with van der Waals surface area (Å²) in [6.07, 6.45) is 2.85. The predicted molar refractivity (Wildman–Crippen MR) is 69.6 cm³/mol. The van der Waals surface area contributed by atoms with Crippen LogP contribution in [0.5, 0.6) is 0 Å². The SMILES string of the molecule is OCCCCc1c(Br)cc(Br)cc1Br. The Balaban J connectivity index is 2.75. The normalized spacial score (nSPS) is 10.6. The Kier molecular flexibility index (Phi) is 5.67. The highest BCUT2D eigenvalue weighted by Crippen LogP contribution is 2.30. The van der Waals surface area contributed by atoms with Gasteiger partial charge in [0.15, 0.2) is 0 Å². The van der Waals surface area contributed by atoms with Gasteiger partial charge in [0.1, 0.15) is 0 Å². The molecular formula is C10H11Br3O. The summed E-state index contributed by atoms with van der Waals surface area (Å²) in [5.41, 5.74) is 1.27. The Morgan fingerprint density at radius 2 is 1.57 bits per heavy atom. The lowest BCUT2D eigenvalue weighted by Crippen LogP contribution is -1.91. The monoisotopic (exact) mass is 384 g/mol. The van der Waals surface area contributed by atoms with Crippen LogP contribution in [0.3, 0.4) is 0 Å². The molecule has 0 saturated heterocycles. The second-order valence-corrected chi connectivity index (χ2v) is 5.65. The maximum atomic E-state index is 8.70. The first-order chi connectivity index (χ1) is 6.65. The van der Waals surface area contributed by atoms with E-state index in [4.69, 9.17) is 5.11 Å². The molecule has 0 unspecified atom stereocenters. The van der Waals surface area contributed by atoms with Crippen molar-refractivity contribution in [1.29, 1.82) is 0 Å². The Hall–Kier alpha value is 0.620. The summed E-state index contributed by atoms with van der Waals surface area (Å²) in [6.45, 7) is 0.270. The van der Waals surface area contributed by atoms with Crippen LogP contribution in [0.4, 0.5) is 0 Å². The molecule has 1 aromatic rings. The van der Waals surface area contributed by atoms with E-state index in [1.165, 1.54) is 5.56 Å². The molecule has 4 heteroatoms. The van der Waals surface area contributed by atoms with Crippen molar-refractivity contribution in [3.63, 3.8) is 0 Å². The number of hydrogen-bond acceptors (Lipinski definition) is 1. The van der Waals surface area contributed by atoms with Crippen molar-refractivity contribution in [3.05, 3.63) is 31.1 Å². The van der Waals surface area contributed by atoms with Crippen molar-refractivity contribution < 1.29 is 5.11 Å². The first kappa shape index (κ1) is 12.7. The lowest BCUT2D eigenvalue weighted by atomic mass is 10.1. The number of halogens is 3. The third kappa shape index (κ3) is 3.65. The quantitative estimate of drug-likeness (QED) is 0.765. The summed E-state index contributed by atoms with van der Waals surface area (Å²) in [4.78, 5) is 0. The topological polar surface area (TPSA) is 20.2 Å². The second kappa shape index (κ2) is 6.26. The molecule has 1 rings (SSSR count). The minimum absolute atomic E-state index is 0.270. The van der Waals surface area contributed by atoms with Gasteiger partial charge >= 0.3 is 0 Å². The van der Waals surface area contributed by atoms with Gasteiger partial charge in [-0.25, -0.2) is 0 Å². The van der Waals surface area contributed by atoms with Gasteiger partial charge in [0.2, 0.25) is 0 Å². The van der Waals surface area contributed by atoms with Gasteiger partial charge in [-0.15, -0.1) is 0 Å². The van der Waals surface area contributed by atoms with Crippen LogP contribution in [0.15, 0.2) is 25.6 Å². The van der Waals surface area contributed by atoms with E-state index in [0.717, 1.165) is 32.7 Å². The molecule has 0 aliphatic heterocycles. The van der Waals surface area contributed by atoms with Crippen LogP contribution >= 0.6 is 47.8 Å². The molecule has 14 heavy (non-hydrogen) atoms. The summed E-state index contributed by atoms with van der Waals surface area (Å²) >= 11 is 10.5. The summed E-state index contributed by atoms with van der Waals surface area (Å²) in [7, 11) is 0. The molecule has 0 fully saturated rings. The largest absolute Gasteiger partial charge is 0.396 e. The highest BCUT2D eigenvalue weighted by atomic mass is 79.9. The molecule has 78 valence electrons. The molecule has 0 spiro atoms. The van der Waals surface area contributed by atoms with Crippen LogP contribution in [0.2, 0.25) is 0 Å². The summed E-state index contributed by atoms with van der Waals surface area (Å²) < 4.78 is 3.27. The van der Waals surface area contributed by atoms with E-state index >= 15 is 0 Å². The van der Waals surface area contributed by atoms with Crippen LogP contribution in [-0.4, -0.2) is 11.7 Å². The Bertz CT molecular complexity index is 289. The van der Waals surface area contributed by atoms with Gasteiger partial charge in [0, 0.05) is 20.0 Å². The molecule has 0 aliphatic rings. The summed E-state index contributed by atoms with van der Waals surface area (Å²) in [5, 5.41) is 8.70. The average Bonchev–Trinajstić information content (AvgIpc) is 2.09. The van der Waals surface area contributed by atoms with E-state index in [9.17, 15) is 0 Å². The van der Waals surface area contributed by atoms with Gasteiger partial charge in [-0.1, -0.05) is 47.8 Å². The minimum atomic E-state index is 0.270. The number of aliphatic hydroxyl groups excluding tert-OH is 1. The average molecular weight is 387 g/mol. The van der Waals surface area contributed by atoms with Crippen molar-refractivity contribution in [2.45, 2.75) is 19.3 Å². The maximum absolute atomic E-state index is 8.70. The lowest BCUT2D eigenvalue weighted by molar-refractivity contribution is 0.284. The standard InChI is InChI=1S/C10H11Br3O/c11-7-5-9(12)8(10(13)6-7)3-1-2-4-14/h5-6,14H,1-4H2. The fraction of sp³-hybridized carbons (Fsp3) is 0.400. The van der Waals surface area contributed by atoms with Gasteiger partial charge in [-0.3, -0.25) is 0 Å². The second-order valence-electron chi connectivity index (χ2n) is 3.03. The van der Waals surface area contributed by atoms with E-state index in [0.29, 0.717) is 0 Å². The van der Waals surface area contributed by atoms with Crippen molar-refractivity contribution in [1.82, 2.24) is 0 Å². The predicted octanol–water partition coefficient (Wildman–Crippen LogP) is 4.29. The molecule has 0 atom stereocenters. The third-order valence-electron chi connectivity index (χ3n) is 1.94. The first-order valence-electron chi connectivity index (χ1n) is 4.39. The molecule has 1 N–H and O–H groups in total. The molecule has 0 aromatic heterocycles. The van der Waals surface area contributed by atoms with Gasteiger partial charge in [0.05, 0.1) is 0 Å². The smallest absolute Gasteiger partial charge is 0.0431 e. The molecule has 0 radical (unpaired) electrons. The molecule has 0 bridgehead atoms. The fourth-order valence-corrected chi connectivity index (χ4v) is 3.88. The van der Waals surface area contributed by atoms with Crippen LogP contribution in [0.25, 0.3) is 0 Å². The molecule has 1 nitrogen and oxygen atoms in total. The van der Waals surface area contributed by atoms with E-state index in [1.54, 1.807) is 0 Å². The zero-order chi connectivity index (χ0) is 10.6. The summed E-state index contributed by atoms with van der Waals surface area (Å²) in [6, 6.07) is 4.08. The van der Waals surface area contributed by atoms with Crippen molar-refractivity contribution in [2.24, 2.45) is 0 Å². The number of benzene rings is 1. The van der Waals surface area contributed by atoms with E-state index in [-0.39, 0.29) is 6.61 Å². The van der Waals surface area contributed by atoms with E-state index in [1.807, 2.05) is 12.1 Å². The van der Waals surface area contributed by atoms with Crippen molar-refractivity contribution >= 4 is 47.8 Å². The number of unbranched alkanes of at least 4 members (excludes halogenated alkanes) is 1. The maximum Gasteiger partial charge on any atom is 0.0431 e. The van der Waals surface area contributed by atoms with Crippen molar-refractivity contribution in [3.8, 4) is 0 Å². The molecular weight excluding hydrogens is 376 g/mol. The molecule has 0 heterocycles. The van der Waals surface area contributed by atoms with Crippen LogP contribution in [0.1, 0.15) is 18.4 Å². The Labute approximate surface area is 109 Å². The van der Waals surface area contributed by atoms with Crippen LogP contribution < -0.4 is 0 Å². The molecule has 0 saturated carbocycles. The van der Waals surface area contributed by atoms with Gasteiger partial charge in [0.25, 0.3) is 0 Å². The molecule has 0 aliphatic carbocycles. The number of aliphatic hydroxyl groups is 1. The lowest BCUT2D eigenvalue weighted by Gasteiger charge is -2.07. The summed E-state index contributed by atoms with van der Waals surface area (Å²) in [5.74, 6) is 0. The number of hydrogen-bond donors (Lipinski definition) is 1. The third-order valence-corrected chi connectivity index (χ3v) is 3.81. The Morgan fingerprint density at radius 1 is 1.00 bits per heavy atom. The highest BCUT2D eigenvalue weighted by molar-refractivity contribution is 9.11. The minimum Gasteiger partial charge on any atom is -0.396 e. The number of rotatable bonds is 4. The first-order valence-corrected chi connectivity index (χ1v) is 6.77. The van der Waals surface area contributed by atoms with Gasteiger partial charge < -0.3 is 5.11 Å². The molecule has 0 amide bonds.